The van der Waals surface area contributed by atoms with Crippen molar-refractivity contribution in [2.45, 2.75) is 13.0 Å². The normalized spacial score (nSPS) is 15.6. The van der Waals surface area contributed by atoms with Crippen molar-refractivity contribution in [3.05, 3.63) is 40.9 Å². The van der Waals surface area contributed by atoms with Crippen LogP contribution in [0.15, 0.2) is 29.6 Å². The Bertz CT molecular complexity index is 917. The molecule has 9 nitrogen and oxygen atoms in total. The van der Waals surface area contributed by atoms with Crippen LogP contribution in [0.25, 0.3) is 10.6 Å². The summed E-state index contributed by atoms with van der Waals surface area (Å²) in [6.07, 6.45) is 0.173. The summed E-state index contributed by atoms with van der Waals surface area (Å²) in [5.74, 6) is -0.0564. The van der Waals surface area contributed by atoms with E-state index in [1.54, 1.807) is 11.3 Å². The number of hydrogen-bond acceptors (Lipinski definition) is 8. The van der Waals surface area contributed by atoms with Gasteiger partial charge in [-0.05, 0) is 23.9 Å². The highest BCUT2D eigenvalue weighted by molar-refractivity contribution is 7.13. The summed E-state index contributed by atoms with van der Waals surface area (Å²) in [5.41, 5.74) is 3.10. The second-order valence-electron chi connectivity index (χ2n) is 6.88. The molecule has 1 amide bonds. The Labute approximate surface area is 166 Å². The molecule has 1 saturated heterocycles. The maximum Gasteiger partial charge on any atom is 0.269 e. The smallest absolute Gasteiger partial charge is 0.269 e. The summed E-state index contributed by atoms with van der Waals surface area (Å²) >= 11 is 1.55. The number of nitrogens with zero attached hydrogens (tertiary/aromatic N) is 6. The van der Waals surface area contributed by atoms with Crippen LogP contribution in [0.5, 0.6) is 0 Å². The fraction of sp³-hybridized carbons (Fsp3) is 0.389. The third kappa shape index (κ3) is 4.77. The highest BCUT2D eigenvalue weighted by Gasteiger charge is 2.15. The molecule has 28 heavy (non-hydrogen) atoms. The minimum atomic E-state index is -0.220. The second-order valence-corrected chi connectivity index (χ2v) is 7.74. The van der Waals surface area contributed by atoms with E-state index in [0.717, 1.165) is 49.0 Å². The van der Waals surface area contributed by atoms with Crippen molar-refractivity contribution in [1.29, 1.82) is 0 Å². The molecular formula is C18H22N8OS. The van der Waals surface area contributed by atoms with Crippen molar-refractivity contribution < 1.29 is 4.79 Å². The van der Waals surface area contributed by atoms with Crippen LogP contribution < -0.4 is 5.32 Å². The number of carbonyl (C=O) groups excluding carboxylic acids is 1. The molecule has 1 aliphatic heterocycles. The summed E-state index contributed by atoms with van der Waals surface area (Å²) in [6.45, 7) is 5.37. The highest BCUT2D eigenvalue weighted by Crippen LogP contribution is 2.25. The van der Waals surface area contributed by atoms with Gasteiger partial charge in [0.1, 0.15) is 5.01 Å². The topological polar surface area (TPSA) is 103 Å². The Hall–Kier alpha value is -2.69. The maximum absolute atomic E-state index is 12.0. The van der Waals surface area contributed by atoms with Crippen molar-refractivity contribution in [3.8, 4) is 10.6 Å². The van der Waals surface area contributed by atoms with Crippen LogP contribution in [0.2, 0.25) is 0 Å². The van der Waals surface area contributed by atoms with Gasteiger partial charge in [0.25, 0.3) is 5.95 Å². The number of thiazole rings is 1. The van der Waals surface area contributed by atoms with E-state index < -0.39 is 0 Å². The van der Waals surface area contributed by atoms with Crippen LogP contribution >= 0.6 is 11.3 Å². The molecule has 0 bridgehead atoms. The summed E-state index contributed by atoms with van der Waals surface area (Å²) in [4.78, 5) is 21.5. The van der Waals surface area contributed by atoms with Crippen molar-refractivity contribution in [2.75, 3.05) is 38.5 Å². The molecule has 4 rings (SSSR count). The summed E-state index contributed by atoms with van der Waals surface area (Å²) in [5, 5.41) is 18.5. The van der Waals surface area contributed by atoms with E-state index in [1.807, 2.05) is 5.38 Å². The zero-order valence-electron chi connectivity index (χ0n) is 15.6. The third-order valence-corrected chi connectivity index (χ3v) is 5.61. The van der Waals surface area contributed by atoms with Crippen molar-refractivity contribution >= 4 is 23.2 Å². The number of benzene rings is 1. The maximum atomic E-state index is 12.0. The SMILES string of the molecule is CN1CCN(Cc2cccc(-c3nc(CC(=O)Nc4nn[nH]n4)cs3)c2)CC1. The number of carbonyl (C=O) groups is 1. The minimum Gasteiger partial charge on any atom is -0.304 e. The fourth-order valence-electron chi connectivity index (χ4n) is 3.14. The first-order chi connectivity index (χ1) is 13.7. The van der Waals surface area contributed by atoms with E-state index >= 15 is 0 Å². The van der Waals surface area contributed by atoms with Gasteiger partial charge >= 0.3 is 0 Å². The average molecular weight is 398 g/mol. The monoisotopic (exact) mass is 398 g/mol. The molecule has 146 valence electrons. The first-order valence-corrected chi connectivity index (χ1v) is 10.0. The van der Waals surface area contributed by atoms with Gasteiger partial charge < -0.3 is 4.90 Å². The number of amides is 1. The molecule has 0 radical (unpaired) electrons. The molecule has 3 aromatic rings. The van der Waals surface area contributed by atoms with Crippen molar-refractivity contribution in [2.24, 2.45) is 0 Å². The Morgan fingerprint density at radius 1 is 1.29 bits per heavy atom. The fourth-order valence-corrected chi connectivity index (χ4v) is 3.95. The molecule has 0 aliphatic carbocycles. The molecule has 2 N–H and O–H groups in total. The van der Waals surface area contributed by atoms with Gasteiger partial charge in [0.2, 0.25) is 5.91 Å². The molecule has 1 fully saturated rings. The number of tetrazole rings is 1. The number of aromatic nitrogens is 5. The summed E-state index contributed by atoms with van der Waals surface area (Å²) in [7, 11) is 2.17. The van der Waals surface area contributed by atoms with Gasteiger partial charge in [0, 0.05) is 43.7 Å². The molecule has 1 aliphatic rings. The van der Waals surface area contributed by atoms with Gasteiger partial charge in [-0.15, -0.1) is 16.4 Å². The van der Waals surface area contributed by atoms with Crippen LogP contribution in [0, 0.1) is 0 Å². The van der Waals surface area contributed by atoms with Crippen LogP contribution in [0.1, 0.15) is 11.3 Å². The molecule has 0 unspecified atom stereocenters. The molecule has 3 heterocycles. The largest absolute Gasteiger partial charge is 0.304 e. The first kappa shape index (κ1) is 18.7. The number of likely N-dealkylation sites (N-methyl/N-ethyl adjacent to an activating group) is 1. The predicted molar refractivity (Wildman–Crippen MR) is 107 cm³/mol. The van der Waals surface area contributed by atoms with E-state index in [-0.39, 0.29) is 18.3 Å². The quantitative estimate of drug-likeness (QED) is 0.644. The highest BCUT2D eigenvalue weighted by atomic mass is 32.1. The number of aromatic amines is 1. The average Bonchev–Trinajstić information content (AvgIpc) is 3.36. The third-order valence-electron chi connectivity index (χ3n) is 4.67. The van der Waals surface area contributed by atoms with E-state index in [1.165, 1.54) is 5.56 Å². The Morgan fingerprint density at radius 2 is 2.14 bits per heavy atom. The molecule has 2 aromatic heterocycles. The number of piperazine rings is 1. The van der Waals surface area contributed by atoms with E-state index in [9.17, 15) is 4.79 Å². The Balaban J connectivity index is 1.38. The second kappa shape index (κ2) is 8.55. The molecule has 0 atom stereocenters. The number of anilines is 1. The number of nitrogens with one attached hydrogen (secondary N) is 2. The zero-order chi connectivity index (χ0) is 19.3. The predicted octanol–water partition coefficient (Wildman–Crippen LogP) is 1.25. The van der Waals surface area contributed by atoms with Gasteiger partial charge in [-0.25, -0.2) is 4.98 Å². The van der Waals surface area contributed by atoms with Gasteiger partial charge in [0.05, 0.1) is 12.1 Å². The van der Waals surface area contributed by atoms with Crippen LogP contribution in [0.4, 0.5) is 5.95 Å². The van der Waals surface area contributed by atoms with Crippen LogP contribution in [-0.4, -0.2) is 74.5 Å². The number of rotatable bonds is 6. The van der Waals surface area contributed by atoms with E-state index in [0.29, 0.717) is 0 Å². The van der Waals surface area contributed by atoms with Gasteiger partial charge in [-0.3, -0.25) is 15.0 Å². The number of hydrogen-bond donors (Lipinski definition) is 2. The molecular weight excluding hydrogens is 376 g/mol. The lowest BCUT2D eigenvalue weighted by atomic mass is 10.1. The summed E-state index contributed by atoms with van der Waals surface area (Å²) < 4.78 is 0. The standard InChI is InChI=1S/C18H22N8OS/c1-25-5-7-26(8-6-25)11-13-3-2-4-14(9-13)17-19-15(12-28-17)10-16(27)20-18-21-23-24-22-18/h2-4,9,12H,5-8,10-11H2,1H3,(H2,20,21,22,23,24,27). The Kier molecular flexibility index (Phi) is 5.70. The van der Waals surface area contributed by atoms with Crippen molar-refractivity contribution in [1.82, 2.24) is 35.4 Å². The van der Waals surface area contributed by atoms with E-state index in [4.69, 9.17) is 0 Å². The van der Waals surface area contributed by atoms with Crippen molar-refractivity contribution in [3.63, 3.8) is 0 Å². The molecule has 10 heteroatoms. The number of H-pyrrole nitrogens is 1. The van der Waals surface area contributed by atoms with Crippen LogP contribution in [0.3, 0.4) is 0 Å². The lowest BCUT2D eigenvalue weighted by molar-refractivity contribution is -0.115. The van der Waals surface area contributed by atoms with Gasteiger partial charge in [-0.1, -0.05) is 23.3 Å². The zero-order valence-corrected chi connectivity index (χ0v) is 16.4. The molecule has 0 saturated carbocycles. The minimum absolute atomic E-state index is 0.164. The Morgan fingerprint density at radius 3 is 2.93 bits per heavy atom. The summed E-state index contributed by atoms with van der Waals surface area (Å²) in [6, 6.07) is 8.50. The lowest BCUT2D eigenvalue weighted by Gasteiger charge is -2.32. The first-order valence-electron chi connectivity index (χ1n) is 9.13. The van der Waals surface area contributed by atoms with Gasteiger partial charge in [0.15, 0.2) is 0 Å². The van der Waals surface area contributed by atoms with Crippen LogP contribution in [-0.2, 0) is 17.8 Å². The molecule has 1 aromatic carbocycles. The molecule has 0 spiro atoms. The lowest BCUT2D eigenvalue weighted by Crippen LogP contribution is -2.43. The van der Waals surface area contributed by atoms with E-state index in [2.05, 4.69) is 72.0 Å². The van der Waals surface area contributed by atoms with Gasteiger partial charge in [-0.2, -0.15) is 5.21 Å².